The van der Waals surface area contributed by atoms with Crippen LogP contribution < -0.4 is 10.6 Å². The third-order valence-electron chi connectivity index (χ3n) is 3.89. The van der Waals surface area contributed by atoms with Crippen molar-refractivity contribution in [3.05, 3.63) is 35.9 Å². The number of amides is 2. The van der Waals surface area contributed by atoms with Crippen molar-refractivity contribution in [3.8, 4) is 0 Å². The van der Waals surface area contributed by atoms with Crippen molar-refractivity contribution in [2.45, 2.75) is 31.5 Å². The van der Waals surface area contributed by atoms with E-state index >= 15 is 0 Å². The molecule has 3 N–H and O–H groups in total. The summed E-state index contributed by atoms with van der Waals surface area (Å²) in [6.07, 6.45) is -0.518. The molecule has 2 rings (SSSR count). The van der Waals surface area contributed by atoms with Crippen molar-refractivity contribution in [1.29, 1.82) is 0 Å². The van der Waals surface area contributed by atoms with E-state index in [4.69, 9.17) is 0 Å². The first kappa shape index (κ1) is 16.5. The molecule has 2 unspecified atom stereocenters. The number of benzene rings is 1. The predicted octanol–water partition coefficient (Wildman–Crippen LogP) is -0.475. The van der Waals surface area contributed by atoms with Crippen LogP contribution in [0, 0.1) is 0 Å². The normalized spacial score (nSPS) is 21.3. The lowest BCUT2D eigenvalue weighted by molar-refractivity contribution is -0.138. The van der Waals surface area contributed by atoms with Crippen LogP contribution in [0.3, 0.4) is 0 Å². The van der Waals surface area contributed by atoms with Gasteiger partial charge < -0.3 is 20.6 Å². The Hall–Kier alpha value is -1.92. The van der Waals surface area contributed by atoms with Crippen molar-refractivity contribution in [2.75, 3.05) is 20.1 Å². The van der Waals surface area contributed by atoms with Gasteiger partial charge in [-0.1, -0.05) is 30.3 Å². The average molecular weight is 305 g/mol. The van der Waals surface area contributed by atoms with Gasteiger partial charge in [0.25, 0.3) is 0 Å². The summed E-state index contributed by atoms with van der Waals surface area (Å²) in [6.45, 7) is 2.65. The first-order valence-corrected chi connectivity index (χ1v) is 7.46. The van der Waals surface area contributed by atoms with Gasteiger partial charge in [-0.15, -0.1) is 0 Å². The molecule has 1 heterocycles. The van der Waals surface area contributed by atoms with E-state index < -0.39 is 18.2 Å². The lowest BCUT2D eigenvalue weighted by Gasteiger charge is -2.36. The fraction of sp³-hybridized carbons (Fsp3) is 0.500. The number of carbonyl (C=O) groups excluding carboxylic acids is 2. The summed E-state index contributed by atoms with van der Waals surface area (Å²) in [5.74, 6) is -0.376. The SMILES string of the molecule is CC(=O)NC(Cc1ccccc1)[C@H](O)C1NCCN(C)C1=O. The molecule has 0 radical (unpaired) electrons. The highest BCUT2D eigenvalue weighted by Crippen LogP contribution is 2.12. The van der Waals surface area contributed by atoms with Gasteiger partial charge in [0.1, 0.15) is 6.04 Å². The summed E-state index contributed by atoms with van der Waals surface area (Å²) < 4.78 is 0. The molecule has 0 aliphatic carbocycles. The van der Waals surface area contributed by atoms with E-state index in [0.29, 0.717) is 19.5 Å². The van der Waals surface area contributed by atoms with Crippen LogP contribution in [-0.2, 0) is 16.0 Å². The number of hydrogen-bond acceptors (Lipinski definition) is 4. The Labute approximate surface area is 130 Å². The number of carbonyl (C=O) groups is 2. The molecule has 0 bridgehead atoms. The number of aliphatic hydroxyl groups is 1. The highest BCUT2D eigenvalue weighted by molar-refractivity contribution is 5.83. The minimum Gasteiger partial charge on any atom is -0.389 e. The lowest BCUT2D eigenvalue weighted by Crippen LogP contribution is -2.63. The van der Waals surface area contributed by atoms with E-state index in [9.17, 15) is 14.7 Å². The molecule has 120 valence electrons. The summed E-state index contributed by atoms with van der Waals surface area (Å²) in [7, 11) is 1.72. The van der Waals surface area contributed by atoms with E-state index in [-0.39, 0.29) is 11.8 Å². The Balaban J connectivity index is 2.13. The standard InChI is InChI=1S/C16H23N3O3/c1-11(20)18-13(10-12-6-4-3-5-7-12)15(21)14-16(22)19(2)9-8-17-14/h3-7,13-15,17,21H,8-10H2,1-2H3,(H,18,20)/t13?,14?,15-/m0/s1. The monoisotopic (exact) mass is 305 g/mol. The Bertz CT molecular complexity index is 521. The van der Waals surface area contributed by atoms with Crippen molar-refractivity contribution >= 4 is 11.8 Å². The molecule has 1 saturated heterocycles. The van der Waals surface area contributed by atoms with E-state index in [1.165, 1.54) is 6.92 Å². The fourth-order valence-electron chi connectivity index (χ4n) is 2.71. The number of hydrogen-bond donors (Lipinski definition) is 3. The van der Waals surface area contributed by atoms with Gasteiger partial charge in [0.15, 0.2) is 0 Å². The van der Waals surface area contributed by atoms with E-state index in [2.05, 4.69) is 10.6 Å². The minimum atomic E-state index is -0.987. The Morgan fingerprint density at radius 3 is 2.77 bits per heavy atom. The van der Waals surface area contributed by atoms with Gasteiger partial charge in [-0.2, -0.15) is 0 Å². The molecule has 2 amide bonds. The van der Waals surface area contributed by atoms with Crippen LogP contribution in [-0.4, -0.2) is 60.1 Å². The third kappa shape index (κ3) is 4.05. The first-order chi connectivity index (χ1) is 10.5. The molecular weight excluding hydrogens is 282 g/mol. The number of rotatable bonds is 5. The minimum absolute atomic E-state index is 0.151. The summed E-state index contributed by atoms with van der Waals surface area (Å²) >= 11 is 0. The van der Waals surface area contributed by atoms with Crippen LogP contribution in [0.5, 0.6) is 0 Å². The summed E-state index contributed by atoms with van der Waals surface area (Å²) in [4.78, 5) is 25.2. The topological polar surface area (TPSA) is 81.7 Å². The van der Waals surface area contributed by atoms with E-state index in [1.54, 1.807) is 11.9 Å². The zero-order valence-corrected chi connectivity index (χ0v) is 13.0. The van der Waals surface area contributed by atoms with Crippen LogP contribution in [0.15, 0.2) is 30.3 Å². The molecular formula is C16H23N3O3. The molecule has 1 aromatic rings. The zero-order valence-electron chi connectivity index (χ0n) is 13.0. The summed E-state index contributed by atoms with van der Waals surface area (Å²) in [5.41, 5.74) is 0.997. The number of nitrogens with one attached hydrogen (secondary N) is 2. The Kier molecular flexibility index (Phi) is 5.51. The summed E-state index contributed by atoms with van der Waals surface area (Å²) in [5, 5.41) is 16.4. The Morgan fingerprint density at radius 1 is 1.45 bits per heavy atom. The van der Waals surface area contributed by atoms with Gasteiger partial charge in [0.05, 0.1) is 12.1 Å². The second kappa shape index (κ2) is 7.38. The van der Waals surface area contributed by atoms with Gasteiger partial charge in [-0.3, -0.25) is 9.59 Å². The predicted molar refractivity (Wildman–Crippen MR) is 83.2 cm³/mol. The number of piperazine rings is 1. The largest absolute Gasteiger partial charge is 0.389 e. The molecule has 6 heteroatoms. The highest BCUT2D eigenvalue weighted by atomic mass is 16.3. The molecule has 1 fully saturated rings. The van der Waals surface area contributed by atoms with E-state index in [0.717, 1.165) is 5.56 Å². The number of nitrogens with zero attached hydrogens (tertiary/aromatic N) is 1. The molecule has 6 nitrogen and oxygen atoms in total. The van der Waals surface area contributed by atoms with Crippen LogP contribution in [0.4, 0.5) is 0 Å². The van der Waals surface area contributed by atoms with Crippen LogP contribution >= 0.6 is 0 Å². The van der Waals surface area contributed by atoms with Crippen molar-refractivity contribution in [3.63, 3.8) is 0 Å². The van der Waals surface area contributed by atoms with Crippen molar-refractivity contribution in [2.24, 2.45) is 0 Å². The number of aliphatic hydroxyl groups excluding tert-OH is 1. The van der Waals surface area contributed by atoms with Gasteiger partial charge in [-0.25, -0.2) is 0 Å². The Morgan fingerprint density at radius 2 is 2.14 bits per heavy atom. The maximum atomic E-state index is 12.2. The number of likely N-dealkylation sites (N-methyl/N-ethyl adjacent to an activating group) is 1. The fourth-order valence-corrected chi connectivity index (χ4v) is 2.71. The second-order valence-corrected chi connectivity index (χ2v) is 5.68. The average Bonchev–Trinajstić information content (AvgIpc) is 2.49. The summed E-state index contributed by atoms with van der Waals surface area (Å²) in [6, 6.07) is 8.38. The van der Waals surface area contributed by atoms with Crippen LogP contribution in [0.25, 0.3) is 0 Å². The smallest absolute Gasteiger partial charge is 0.242 e. The van der Waals surface area contributed by atoms with Gasteiger partial charge in [-0.05, 0) is 12.0 Å². The maximum absolute atomic E-state index is 12.2. The van der Waals surface area contributed by atoms with Crippen molar-refractivity contribution in [1.82, 2.24) is 15.5 Å². The molecule has 1 aliphatic rings. The highest BCUT2D eigenvalue weighted by Gasteiger charge is 2.36. The third-order valence-corrected chi connectivity index (χ3v) is 3.89. The lowest BCUT2D eigenvalue weighted by atomic mass is 9.94. The molecule has 22 heavy (non-hydrogen) atoms. The maximum Gasteiger partial charge on any atom is 0.242 e. The quantitative estimate of drug-likeness (QED) is 0.687. The molecule has 0 spiro atoms. The van der Waals surface area contributed by atoms with Crippen LogP contribution in [0.2, 0.25) is 0 Å². The van der Waals surface area contributed by atoms with Crippen LogP contribution in [0.1, 0.15) is 12.5 Å². The second-order valence-electron chi connectivity index (χ2n) is 5.68. The first-order valence-electron chi connectivity index (χ1n) is 7.46. The van der Waals surface area contributed by atoms with Gasteiger partial charge in [0.2, 0.25) is 11.8 Å². The van der Waals surface area contributed by atoms with Gasteiger partial charge in [0, 0.05) is 27.1 Å². The molecule has 0 saturated carbocycles. The molecule has 3 atom stereocenters. The van der Waals surface area contributed by atoms with E-state index in [1.807, 2.05) is 30.3 Å². The molecule has 1 aliphatic heterocycles. The molecule has 1 aromatic carbocycles. The zero-order chi connectivity index (χ0) is 16.1. The van der Waals surface area contributed by atoms with Gasteiger partial charge >= 0.3 is 0 Å². The molecule has 0 aromatic heterocycles. The van der Waals surface area contributed by atoms with Crippen molar-refractivity contribution < 1.29 is 14.7 Å².